The second-order valence-corrected chi connectivity index (χ2v) is 5.49. The summed E-state index contributed by atoms with van der Waals surface area (Å²) in [5.74, 6) is 0. The molecule has 2 bridgehead atoms. The van der Waals surface area contributed by atoms with Gasteiger partial charge in [-0.3, -0.25) is 0 Å². The fraction of sp³-hybridized carbons (Fsp3) is 0.500. The number of para-hydroxylation sites is 2. The second-order valence-electron chi connectivity index (χ2n) is 5.49. The van der Waals surface area contributed by atoms with Crippen molar-refractivity contribution in [2.45, 2.75) is 43.8 Å². The van der Waals surface area contributed by atoms with Gasteiger partial charge in [0.2, 0.25) is 0 Å². The highest BCUT2D eigenvalue weighted by molar-refractivity contribution is 5.74. The molecular formula is C14H17N3O. The maximum absolute atomic E-state index is 6.09. The number of oxazole rings is 1. The molecule has 1 aromatic heterocycles. The highest BCUT2D eigenvalue weighted by Gasteiger charge is 2.41. The van der Waals surface area contributed by atoms with Crippen molar-refractivity contribution in [3.63, 3.8) is 0 Å². The van der Waals surface area contributed by atoms with E-state index in [9.17, 15) is 0 Å². The third kappa shape index (κ3) is 1.45. The molecule has 1 unspecified atom stereocenters. The minimum atomic E-state index is 0.350. The van der Waals surface area contributed by atoms with Crippen molar-refractivity contribution < 1.29 is 4.42 Å². The molecule has 0 amide bonds. The molecule has 94 valence electrons. The summed E-state index contributed by atoms with van der Waals surface area (Å²) in [6, 6.07) is 10.1. The van der Waals surface area contributed by atoms with E-state index in [-0.39, 0.29) is 0 Å². The summed E-state index contributed by atoms with van der Waals surface area (Å²) in [5.41, 5.74) is 7.92. The molecule has 2 aromatic rings. The van der Waals surface area contributed by atoms with E-state index in [1.54, 1.807) is 0 Å². The zero-order chi connectivity index (χ0) is 12.1. The molecule has 3 atom stereocenters. The number of hydrogen-bond donors (Lipinski definition) is 1. The van der Waals surface area contributed by atoms with Gasteiger partial charge in [-0.25, -0.2) is 0 Å². The van der Waals surface area contributed by atoms with E-state index < -0.39 is 0 Å². The van der Waals surface area contributed by atoms with Crippen molar-refractivity contribution in [3.8, 4) is 0 Å². The summed E-state index contributed by atoms with van der Waals surface area (Å²) >= 11 is 0. The van der Waals surface area contributed by atoms with Crippen LogP contribution < -0.4 is 10.6 Å². The first kappa shape index (κ1) is 10.4. The van der Waals surface area contributed by atoms with Gasteiger partial charge in [-0.1, -0.05) is 12.1 Å². The van der Waals surface area contributed by atoms with E-state index in [1.807, 2.05) is 24.3 Å². The molecular weight excluding hydrogens is 226 g/mol. The zero-order valence-corrected chi connectivity index (χ0v) is 10.2. The summed E-state index contributed by atoms with van der Waals surface area (Å²) in [6.07, 6.45) is 4.57. The van der Waals surface area contributed by atoms with Gasteiger partial charge in [-0.05, 0) is 37.8 Å². The third-order valence-corrected chi connectivity index (χ3v) is 4.27. The minimum absolute atomic E-state index is 0.350. The molecule has 4 nitrogen and oxygen atoms in total. The molecule has 0 spiro atoms. The van der Waals surface area contributed by atoms with Gasteiger partial charge in [0.15, 0.2) is 5.58 Å². The molecule has 18 heavy (non-hydrogen) atoms. The molecule has 4 heteroatoms. The summed E-state index contributed by atoms with van der Waals surface area (Å²) in [5, 5.41) is 0. The molecule has 2 aliphatic rings. The quantitative estimate of drug-likeness (QED) is 0.835. The van der Waals surface area contributed by atoms with Gasteiger partial charge in [0.25, 0.3) is 6.01 Å². The smallest absolute Gasteiger partial charge is 0.298 e. The number of aromatic nitrogens is 1. The van der Waals surface area contributed by atoms with Crippen molar-refractivity contribution in [2.24, 2.45) is 5.73 Å². The van der Waals surface area contributed by atoms with E-state index in [4.69, 9.17) is 10.2 Å². The number of rotatable bonds is 1. The van der Waals surface area contributed by atoms with Crippen LogP contribution in [0.1, 0.15) is 25.7 Å². The van der Waals surface area contributed by atoms with Gasteiger partial charge >= 0.3 is 0 Å². The Labute approximate surface area is 106 Å². The molecule has 1 aromatic carbocycles. The first-order chi connectivity index (χ1) is 8.81. The molecule has 0 aliphatic carbocycles. The van der Waals surface area contributed by atoms with Gasteiger partial charge in [0.05, 0.1) is 0 Å². The predicted molar refractivity (Wildman–Crippen MR) is 70.5 cm³/mol. The molecule has 2 N–H and O–H groups in total. The Morgan fingerprint density at radius 2 is 1.89 bits per heavy atom. The highest BCUT2D eigenvalue weighted by Crippen LogP contribution is 2.39. The lowest BCUT2D eigenvalue weighted by atomic mass is 9.99. The lowest BCUT2D eigenvalue weighted by Gasteiger charge is -2.36. The van der Waals surface area contributed by atoms with Crippen molar-refractivity contribution in [2.75, 3.05) is 4.90 Å². The number of benzene rings is 1. The minimum Gasteiger partial charge on any atom is -0.423 e. The molecule has 2 saturated heterocycles. The molecule has 0 saturated carbocycles. The number of nitrogens with two attached hydrogens (primary N) is 1. The summed E-state index contributed by atoms with van der Waals surface area (Å²) in [6.45, 7) is 0. The van der Waals surface area contributed by atoms with E-state index in [0.29, 0.717) is 18.1 Å². The van der Waals surface area contributed by atoms with E-state index in [1.165, 1.54) is 12.8 Å². The number of piperidine rings is 1. The maximum Gasteiger partial charge on any atom is 0.298 e. The van der Waals surface area contributed by atoms with Crippen molar-refractivity contribution in [1.82, 2.24) is 4.98 Å². The Morgan fingerprint density at radius 1 is 1.17 bits per heavy atom. The summed E-state index contributed by atoms with van der Waals surface area (Å²) < 4.78 is 5.90. The van der Waals surface area contributed by atoms with Crippen LogP contribution in [0.2, 0.25) is 0 Å². The van der Waals surface area contributed by atoms with Gasteiger partial charge in [0.1, 0.15) is 5.52 Å². The zero-order valence-electron chi connectivity index (χ0n) is 10.2. The van der Waals surface area contributed by atoms with Crippen LogP contribution in [0, 0.1) is 0 Å². The lowest BCUT2D eigenvalue weighted by molar-refractivity contribution is 0.389. The van der Waals surface area contributed by atoms with Gasteiger partial charge in [0, 0.05) is 18.1 Å². The average molecular weight is 243 g/mol. The van der Waals surface area contributed by atoms with E-state index >= 15 is 0 Å². The fourth-order valence-corrected chi connectivity index (χ4v) is 3.50. The largest absolute Gasteiger partial charge is 0.423 e. The van der Waals surface area contributed by atoms with Crippen LogP contribution in [0.25, 0.3) is 11.1 Å². The Hall–Kier alpha value is -1.55. The van der Waals surface area contributed by atoms with Crippen molar-refractivity contribution in [3.05, 3.63) is 24.3 Å². The molecule has 2 fully saturated rings. The number of hydrogen-bond acceptors (Lipinski definition) is 4. The molecule has 4 rings (SSSR count). The molecule has 0 radical (unpaired) electrons. The van der Waals surface area contributed by atoms with Crippen LogP contribution in [0.4, 0.5) is 6.01 Å². The van der Waals surface area contributed by atoms with Crippen LogP contribution >= 0.6 is 0 Å². The number of anilines is 1. The number of nitrogens with zero attached hydrogens (tertiary/aromatic N) is 2. The monoisotopic (exact) mass is 243 g/mol. The number of fused-ring (bicyclic) bond motifs is 3. The van der Waals surface area contributed by atoms with Crippen LogP contribution in [0.3, 0.4) is 0 Å². The highest BCUT2D eigenvalue weighted by atomic mass is 16.4. The van der Waals surface area contributed by atoms with Crippen LogP contribution in [0.15, 0.2) is 28.7 Å². The Bertz CT molecular complexity index is 532. The van der Waals surface area contributed by atoms with E-state index in [2.05, 4.69) is 9.88 Å². The normalized spacial score (nSPS) is 31.2. The van der Waals surface area contributed by atoms with E-state index in [0.717, 1.165) is 30.0 Å². The second kappa shape index (κ2) is 3.72. The first-order valence-corrected chi connectivity index (χ1v) is 6.71. The SMILES string of the molecule is NC1C[C@H]2CC[C@@H](C1)N2c1nc2ccccc2o1. The summed E-state index contributed by atoms with van der Waals surface area (Å²) in [7, 11) is 0. The summed E-state index contributed by atoms with van der Waals surface area (Å²) in [4.78, 5) is 6.99. The Morgan fingerprint density at radius 3 is 2.61 bits per heavy atom. The van der Waals surface area contributed by atoms with Crippen molar-refractivity contribution in [1.29, 1.82) is 0 Å². The fourth-order valence-electron chi connectivity index (χ4n) is 3.50. The first-order valence-electron chi connectivity index (χ1n) is 6.71. The van der Waals surface area contributed by atoms with Gasteiger partial charge in [-0.2, -0.15) is 4.98 Å². The topological polar surface area (TPSA) is 55.3 Å². The molecule has 3 heterocycles. The predicted octanol–water partition coefficient (Wildman–Crippen LogP) is 2.29. The van der Waals surface area contributed by atoms with Crippen LogP contribution in [0.5, 0.6) is 0 Å². The van der Waals surface area contributed by atoms with Crippen LogP contribution in [-0.4, -0.2) is 23.1 Å². The van der Waals surface area contributed by atoms with Gasteiger partial charge < -0.3 is 15.1 Å². The van der Waals surface area contributed by atoms with Crippen molar-refractivity contribution >= 4 is 17.1 Å². The Kier molecular flexibility index (Phi) is 2.14. The van der Waals surface area contributed by atoms with Gasteiger partial charge in [-0.15, -0.1) is 0 Å². The standard InChI is InChI=1S/C14H17N3O/c15-9-7-10-5-6-11(8-9)17(10)14-16-12-3-1-2-4-13(12)18-14/h1-4,9-11H,5-8,15H2/t9?,10-,11+. The molecule has 2 aliphatic heterocycles. The Balaban J connectivity index is 1.74. The average Bonchev–Trinajstić information content (AvgIpc) is 2.88. The lowest BCUT2D eigenvalue weighted by Crippen LogP contribution is -2.47. The third-order valence-electron chi connectivity index (χ3n) is 4.27. The maximum atomic E-state index is 6.09. The van der Waals surface area contributed by atoms with Crippen LogP contribution in [-0.2, 0) is 0 Å².